The van der Waals surface area contributed by atoms with Crippen LogP contribution < -0.4 is 4.74 Å². The first-order valence-corrected chi connectivity index (χ1v) is 10.2. The second-order valence-electron chi connectivity index (χ2n) is 6.62. The third kappa shape index (κ3) is 3.71. The molecule has 3 rings (SSSR count). The number of nitriles is 1. The Kier molecular flexibility index (Phi) is 5.26. The molecule has 0 saturated carbocycles. The smallest absolute Gasteiger partial charge is 0.317 e. The molecule has 158 valence electrons. The van der Waals surface area contributed by atoms with Crippen LogP contribution in [0.3, 0.4) is 0 Å². The number of carbonyl (C=O) groups is 1. The number of alkyl halides is 2. The van der Waals surface area contributed by atoms with Crippen molar-refractivity contribution in [3.05, 3.63) is 52.8 Å². The summed E-state index contributed by atoms with van der Waals surface area (Å²) in [5, 5.41) is 19.2. The third-order valence-electron chi connectivity index (χ3n) is 4.37. The summed E-state index contributed by atoms with van der Waals surface area (Å²) in [4.78, 5) is 10.8. The van der Waals surface area contributed by atoms with Gasteiger partial charge in [0.2, 0.25) is 0 Å². The minimum atomic E-state index is -4.07. The molecule has 0 spiro atoms. The lowest BCUT2D eigenvalue weighted by Crippen LogP contribution is -2.30. The fourth-order valence-corrected chi connectivity index (χ4v) is 4.14. The number of nitrogens with zero attached hydrogens (tertiary/aromatic N) is 1. The lowest BCUT2D eigenvalue weighted by molar-refractivity contribution is -0.193. The van der Waals surface area contributed by atoms with Gasteiger partial charge in [-0.25, -0.2) is 12.8 Å². The largest absolute Gasteiger partial charge is 0.457 e. The average molecular weight is 441 g/mol. The summed E-state index contributed by atoms with van der Waals surface area (Å²) in [6.45, 7) is 0.858. The molecule has 1 aliphatic carbocycles. The quantitative estimate of drug-likeness (QED) is 0.725. The summed E-state index contributed by atoms with van der Waals surface area (Å²) in [5.74, 6) is -6.67. The summed E-state index contributed by atoms with van der Waals surface area (Å²) in [6.07, 6.45) is -4.18. The highest BCUT2D eigenvalue weighted by atomic mass is 32.2. The van der Waals surface area contributed by atoms with Crippen molar-refractivity contribution < 1.29 is 41.0 Å². The van der Waals surface area contributed by atoms with Crippen LogP contribution in [-0.2, 0) is 19.4 Å². The molecule has 0 aromatic heterocycles. The lowest BCUT2D eigenvalue weighted by atomic mass is 10.1. The summed E-state index contributed by atoms with van der Waals surface area (Å²) in [7, 11) is -4.07. The van der Waals surface area contributed by atoms with Crippen LogP contribution in [-0.4, -0.2) is 31.7 Å². The fraction of sp³-hybridized carbons (Fsp3) is 0.263. The molecule has 2 aromatic carbocycles. The van der Waals surface area contributed by atoms with Crippen molar-refractivity contribution in [2.45, 2.75) is 29.9 Å². The summed E-state index contributed by atoms with van der Waals surface area (Å²) >= 11 is 0. The highest BCUT2D eigenvalue weighted by Crippen LogP contribution is 2.57. The summed E-state index contributed by atoms with van der Waals surface area (Å²) in [6, 6.07) is 6.60. The summed E-state index contributed by atoms with van der Waals surface area (Å²) < 4.78 is 77.5. The van der Waals surface area contributed by atoms with E-state index in [1.807, 2.05) is 0 Å². The van der Waals surface area contributed by atoms with Crippen molar-refractivity contribution in [3.8, 4) is 17.6 Å². The van der Waals surface area contributed by atoms with Gasteiger partial charge in [0.1, 0.15) is 17.3 Å². The second kappa shape index (κ2) is 7.30. The van der Waals surface area contributed by atoms with Gasteiger partial charge in [-0.15, -0.1) is 0 Å². The number of fused-ring (bicyclic) bond motifs is 1. The van der Waals surface area contributed by atoms with Crippen LogP contribution in [0.4, 0.5) is 13.2 Å². The molecule has 0 bridgehead atoms. The Balaban J connectivity index is 2.25. The molecule has 0 saturated heterocycles. The van der Waals surface area contributed by atoms with Crippen molar-refractivity contribution in [1.29, 1.82) is 5.26 Å². The monoisotopic (exact) mass is 441 g/mol. The van der Waals surface area contributed by atoms with E-state index < -0.39 is 61.5 Å². The molecular weight excluding hydrogens is 427 g/mol. The van der Waals surface area contributed by atoms with Gasteiger partial charge in [0.05, 0.1) is 16.5 Å². The molecule has 30 heavy (non-hydrogen) atoms. The highest BCUT2D eigenvalue weighted by molar-refractivity contribution is 7.90. The Bertz CT molecular complexity index is 1190. The van der Waals surface area contributed by atoms with Crippen LogP contribution in [0.2, 0.25) is 0 Å². The Morgan fingerprint density at radius 3 is 2.47 bits per heavy atom. The number of aliphatic hydroxyl groups is 1. The maximum atomic E-state index is 14.7. The van der Waals surface area contributed by atoms with E-state index in [0.717, 1.165) is 43.5 Å². The molecule has 1 aliphatic rings. The molecule has 11 heteroatoms. The van der Waals surface area contributed by atoms with Gasteiger partial charge in [-0.3, -0.25) is 4.79 Å². The first-order valence-electron chi connectivity index (χ1n) is 8.34. The number of ether oxygens (including phenoxy) is 2. The molecule has 1 N–H and O–H groups in total. The third-order valence-corrected chi connectivity index (χ3v) is 5.52. The molecule has 2 atom stereocenters. The number of aliphatic hydroxyl groups excluding tert-OH is 1. The number of esters is 1. The van der Waals surface area contributed by atoms with E-state index in [1.165, 1.54) is 0 Å². The molecular formula is C19H14F3NO6S. The summed E-state index contributed by atoms with van der Waals surface area (Å²) in [5.41, 5.74) is -1.35. The zero-order valence-corrected chi connectivity index (χ0v) is 16.3. The first kappa shape index (κ1) is 21.6. The van der Waals surface area contributed by atoms with E-state index >= 15 is 0 Å². The standard InChI is InChI=1S/C19H14F3NO6S/c1-9(24)28-18-16-14(30(2,26)27)4-3-13(15(16)17(25)19(18,21)22)29-12-6-10(8-23)5-11(20)7-12/h3-7,17-18,25H,1-2H3/t17-,18-/m0/s1. The zero-order chi connectivity index (χ0) is 22.4. The number of rotatable bonds is 4. The van der Waals surface area contributed by atoms with Gasteiger partial charge >= 0.3 is 11.9 Å². The first-order chi connectivity index (χ1) is 13.9. The Morgan fingerprint density at radius 2 is 1.90 bits per heavy atom. The molecule has 0 amide bonds. The predicted octanol–water partition coefficient (Wildman–Crippen LogP) is 3.18. The van der Waals surface area contributed by atoms with Crippen molar-refractivity contribution >= 4 is 15.8 Å². The molecule has 0 heterocycles. The minimum Gasteiger partial charge on any atom is -0.457 e. The van der Waals surface area contributed by atoms with Crippen LogP contribution in [0.15, 0.2) is 35.2 Å². The van der Waals surface area contributed by atoms with E-state index in [1.54, 1.807) is 6.07 Å². The number of carbonyl (C=O) groups excluding carboxylic acids is 1. The lowest BCUT2D eigenvalue weighted by Gasteiger charge is -2.22. The van der Waals surface area contributed by atoms with E-state index in [4.69, 9.17) is 10.00 Å². The van der Waals surface area contributed by atoms with Crippen LogP contribution >= 0.6 is 0 Å². The van der Waals surface area contributed by atoms with Gasteiger partial charge in [0.15, 0.2) is 22.0 Å². The van der Waals surface area contributed by atoms with Gasteiger partial charge in [-0.2, -0.15) is 14.0 Å². The fourth-order valence-electron chi connectivity index (χ4n) is 3.21. The molecule has 0 aliphatic heterocycles. The number of halogens is 3. The van der Waals surface area contributed by atoms with E-state index in [-0.39, 0.29) is 11.3 Å². The van der Waals surface area contributed by atoms with Gasteiger partial charge in [0, 0.05) is 30.4 Å². The van der Waals surface area contributed by atoms with Crippen LogP contribution in [0.5, 0.6) is 11.5 Å². The van der Waals surface area contributed by atoms with E-state index in [0.29, 0.717) is 0 Å². The number of sulfone groups is 1. The van der Waals surface area contributed by atoms with Crippen molar-refractivity contribution in [1.82, 2.24) is 0 Å². The van der Waals surface area contributed by atoms with E-state index in [2.05, 4.69) is 4.74 Å². The van der Waals surface area contributed by atoms with Gasteiger partial charge in [0.25, 0.3) is 0 Å². The normalized spacial score (nSPS) is 19.6. The maximum absolute atomic E-state index is 14.7. The Morgan fingerprint density at radius 1 is 1.23 bits per heavy atom. The van der Waals surface area contributed by atoms with Crippen molar-refractivity contribution in [2.24, 2.45) is 0 Å². The Hall–Kier alpha value is -3.10. The van der Waals surface area contributed by atoms with Gasteiger partial charge in [-0.05, 0) is 24.3 Å². The van der Waals surface area contributed by atoms with Crippen LogP contribution in [0.25, 0.3) is 0 Å². The highest BCUT2D eigenvalue weighted by Gasteiger charge is 2.60. The zero-order valence-electron chi connectivity index (χ0n) is 15.5. The van der Waals surface area contributed by atoms with Crippen molar-refractivity contribution in [3.63, 3.8) is 0 Å². The van der Waals surface area contributed by atoms with Gasteiger partial charge < -0.3 is 14.6 Å². The Labute approximate surface area is 169 Å². The minimum absolute atomic E-state index is 0.113. The number of hydrogen-bond acceptors (Lipinski definition) is 7. The molecule has 0 fully saturated rings. The van der Waals surface area contributed by atoms with Crippen molar-refractivity contribution in [2.75, 3.05) is 6.26 Å². The molecule has 0 radical (unpaired) electrons. The van der Waals surface area contributed by atoms with Crippen LogP contribution in [0.1, 0.15) is 35.8 Å². The predicted molar refractivity (Wildman–Crippen MR) is 95.2 cm³/mol. The average Bonchev–Trinajstić information content (AvgIpc) is 2.81. The number of benzene rings is 2. The molecule has 0 unspecified atom stereocenters. The number of hydrogen-bond donors (Lipinski definition) is 1. The topological polar surface area (TPSA) is 114 Å². The maximum Gasteiger partial charge on any atom is 0.317 e. The van der Waals surface area contributed by atoms with Crippen LogP contribution in [0, 0.1) is 17.1 Å². The molecule has 2 aromatic rings. The molecule has 7 nitrogen and oxygen atoms in total. The van der Waals surface area contributed by atoms with Gasteiger partial charge in [-0.1, -0.05) is 0 Å². The second-order valence-corrected chi connectivity index (χ2v) is 8.60. The van der Waals surface area contributed by atoms with E-state index in [9.17, 15) is 31.5 Å². The SMILES string of the molecule is CC(=O)O[C@H]1c2c(S(C)(=O)=O)ccc(Oc3cc(F)cc(C#N)c3)c2[C@H](O)C1(F)F.